The average molecular weight is 315 g/mol. The normalized spacial score (nSPS) is 10.8. The minimum absolute atomic E-state index is 0.0175. The highest BCUT2D eigenvalue weighted by atomic mass is 35.5. The van der Waals surface area contributed by atoms with Crippen LogP contribution in [-0.2, 0) is 11.2 Å². The molecular formula is C16H15ClN4O. The fourth-order valence-electron chi connectivity index (χ4n) is 2.23. The van der Waals surface area contributed by atoms with E-state index >= 15 is 0 Å². The number of nitrogens with one attached hydrogen (secondary N) is 1. The molecule has 112 valence electrons. The molecule has 0 saturated heterocycles. The first-order chi connectivity index (χ1) is 10.7. The highest BCUT2D eigenvalue weighted by molar-refractivity contribution is 6.30. The smallest absolute Gasteiger partial charge is 0.224 e. The number of amides is 1. The number of rotatable bonds is 5. The van der Waals surface area contributed by atoms with Gasteiger partial charge in [-0.2, -0.15) is 0 Å². The number of halogens is 1. The quantitative estimate of drug-likeness (QED) is 0.785. The van der Waals surface area contributed by atoms with E-state index in [1.165, 1.54) is 0 Å². The molecule has 0 radical (unpaired) electrons. The molecule has 0 aliphatic rings. The zero-order valence-corrected chi connectivity index (χ0v) is 12.6. The average Bonchev–Trinajstić information content (AvgIpc) is 2.93. The highest BCUT2D eigenvalue weighted by Gasteiger charge is 2.07. The number of carbonyl (C=O) groups excluding carboxylic acids is 1. The van der Waals surface area contributed by atoms with Crippen LogP contribution >= 0.6 is 11.6 Å². The van der Waals surface area contributed by atoms with Gasteiger partial charge in [0.15, 0.2) is 5.65 Å². The van der Waals surface area contributed by atoms with Gasteiger partial charge in [-0.25, -0.2) is 0 Å². The molecule has 1 N–H and O–H groups in total. The summed E-state index contributed by atoms with van der Waals surface area (Å²) >= 11 is 5.81. The maximum Gasteiger partial charge on any atom is 0.224 e. The number of nitrogens with zero attached hydrogens (tertiary/aromatic N) is 3. The molecule has 0 saturated carbocycles. The van der Waals surface area contributed by atoms with Crippen LogP contribution < -0.4 is 5.32 Å². The van der Waals surface area contributed by atoms with Gasteiger partial charge in [0.25, 0.3) is 0 Å². The fourth-order valence-corrected chi connectivity index (χ4v) is 2.35. The predicted octanol–water partition coefficient (Wildman–Crippen LogP) is 3.34. The molecular weight excluding hydrogens is 300 g/mol. The lowest BCUT2D eigenvalue weighted by Crippen LogP contribution is -2.11. The molecule has 0 unspecified atom stereocenters. The Morgan fingerprint density at radius 2 is 1.95 bits per heavy atom. The SMILES string of the molecule is O=C(CCCc1nnc2ccccn12)Nc1ccc(Cl)cc1. The van der Waals surface area contributed by atoms with Crippen molar-refractivity contribution in [1.29, 1.82) is 0 Å². The Labute approximate surface area is 132 Å². The van der Waals surface area contributed by atoms with Crippen molar-refractivity contribution in [3.63, 3.8) is 0 Å². The van der Waals surface area contributed by atoms with Crippen molar-refractivity contribution < 1.29 is 4.79 Å². The first-order valence-corrected chi connectivity index (χ1v) is 7.44. The topological polar surface area (TPSA) is 59.3 Å². The number of aromatic nitrogens is 3. The molecule has 2 aromatic heterocycles. The fraction of sp³-hybridized carbons (Fsp3) is 0.188. The van der Waals surface area contributed by atoms with E-state index in [1.807, 2.05) is 28.8 Å². The molecule has 3 rings (SSSR count). The van der Waals surface area contributed by atoms with Gasteiger partial charge in [0.2, 0.25) is 5.91 Å². The standard InChI is InChI=1S/C16H15ClN4O/c17-12-7-9-13(10-8-12)18-16(22)6-3-5-15-20-19-14-4-1-2-11-21(14)15/h1-2,4,7-11H,3,5-6H2,(H,18,22). The van der Waals surface area contributed by atoms with E-state index in [-0.39, 0.29) is 5.91 Å². The molecule has 2 heterocycles. The van der Waals surface area contributed by atoms with E-state index in [0.717, 1.165) is 23.6 Å². The van der Waals surface area contributed by atoms with Crippen molar-refractivity contribution >= 4 is 28.8 Å². The summed E-state index contributed by atoms with van der Waals surface area (Å²) < 4.78 is 1.94. The molecule has 0 fully saturated rings. The molecule has 6 heteroatoms. The van der Waals surface area contributed by atoms with Crippen molar-refractivity contribution in [2.75, 3.05) is 5.32 Å². The maximum absolute atomic E-state index is 11.9. The number of anilines is 1. The Balaban J connectivity index is 1.52. The molecule has 0 bridgehead atoms. The van der Waals surface area contributed by atoms with Crippen LogP contribution in [0.3, 0.4) is 0 Å². The molecule has 5 nitrogen and oxygen atoms in total. The van der Waals surface area contributed by atoms with Crippen LogP contribution in [0.25, 0.3) is 5.65 Å². The summed E-state index contributed by atoms with van der Waals surface area (Å²) in [6, 6.07) is 12.8. The third-order valence-electron chi connectivity index (χ3n) is 3.32. The van der Waals surface area contributed by atoms with Crippen molar-refractivity contribution in [3.8, 4) is 0 Å². The molecule has 0 aliphatic heterocycles. The van der Waals surface area contributed by atoms with Crippen LogP contribution in [0.4, 0.5) is 5.69 Å². The van der Waals surface area contributed by atoms with E-state index in [1.54, 1.807) is 24.3 Å². The molecule has 0 atom stereocenters. The Bertz CT molecular complexity index is 782. The van der Waals surface area contributed by atoms with E-state index in [9.17, 15) is 4.79 Å². The molecule has 0 spiro atoms. The Morgan fingerprint density at radius 3 is 2.77 bits per heavy atom. The lowest BCUT2D eigenvalue weighted by molar-refractivity contribution is -0.116. The largest absolute Gasteiger partial charge is 0.326 e. The maximum atomic E-state index is 11.9. The van der Waals surface area contributed by atoms with Gasteiger partial charge >= 0.3 is 0 Å². The summed E-state index contributed by atoms with van der Waals surface area (Å²) in [5.74, 6) is 0.853. The number of pyridine rings is 1. The third-order valence-corrected chi connectivity index (χ3v) is 3.57. The van der Waals surface area contributed by atoms with Gasteiger partial charge in [-0.3, -0.25) is 9.20 Å². The van der Waals surface area contributed by atoms with E-state index in [2.05, 4.69) is 15.5 Å². The van der Waals surface area contributed by atoms with E-state index < -0.39 is 0 Å². The molecule has 0 aliphatic carbocycles. The van der Waals surface area contributed by atoms with E-state index in [0.29, 0.717) is 17.9 Å². The lowest BCUT2D eigenvalue weighted by Gasteiger charge is -2.05. The third kappa shape index (κ3) is 3.43. The second-order valence-corrected chi connectivity index (χ2v) is 5.39. The zero-order chi connectivity index (χ0) is 15.4. The van der Waals surface area contributed by atoms with Gasteiger partial charge in [-0.05, 0) is 42.8 Å². The number of hydrogen-bond acceptors (Lipinski definition) is 3. The number of benzene rings is 1. The molecule has 22 heavy (non-hydrogen) atoms. The van der Waals surface area contributed by atoms with Gasteiger partial charge in [0.1, 0.15) is 5.82 Å². The molecule has 1 amide bonds. The molecule has 3 aromatic rings. The highest BCUT2D eigenvalue weighted by Crippen LogP contribution is 2.14. The second-order valence-electron chi connectivity index (χ2n) is 4.95. The van der Waals surface area contributed by atoms with Gasteiger partial charge in [-0.1, -0.05) is 17.7 Å². The lowest BCUT2D eigenvalue weighted by atomic mass is 10.2. The summed E-state index contributed by atoms with van der Waals surface area (Å²) in [5, 5.41) is 11.7. The number of carbonyl (C=O) groups is 1. The van der Waals surface area contributed by atoms with Crippen molar-refractivity contribution in [2.45, 2.75) is 19.3 Å². The minimum Gasteiger partial charge on any atom is -0.326 e. The first kappa shape index (κ1) is 14.5. The van der Waals surface area contributed by atoms with Crippen LogP contribution in [0, 0.1) is 0 Å². The van der Waals surface area contributed by atoms with Crippen LogP contribution in [0.5, 0.6) is 0 Å². The minimum atomic E-state index is -0.0175. The van der Waals surface area contributed by atoms with Crippen LogP contribution in [0.2, 0.25) is 5.02 Å². The summed E-state index contributed by atoms with van der Waals surface area (Å²) in [6.45, 7) is 0. The molecule has 1 aromatic carbocycles. The van der Waals surface area contributed by atoms with Crippen LogP contribution in [0.1, 0.15) is 18.7 Å². The van der Waals surface area contributed by atoms with Gasteiger partial charge in [-0.15, -0.1) is 10.2 Å². The summed E-state index contributed by atoms with van der Waals surface area (Å²) in [4.78, 5) is 11.9. The van der Waals surface area contributed by atoms with Crippen LogP contribution in [-0.4, -0.2) is 20.5 Å². The summed E-state index contributed by atoms with van der Waals surface area (Å²) in [7, 11) is 0. The Hall–Kier alpha value is -2.40. The van der Waals surface area contributed by atoms with E-state index in [4.69, 9.17) is 11.6 Å². The van der Waals surface area contributed by atoms with Crippen molar-refractivity contribution in [1.82, 2.24) is 14.6 Å². The summed E-state index contributed by atoms with van der Waals surface area (Å²) in [6.07, 6.45) is 3.79. The van der Waals surface area contributed by atoms with Crippen molar-refractivity contribution in [2.24, 2.45) is 0 Å². The Kier molecular flexibility index (Phi) is 4.34. The Morgan fingerprint density at radius 1 is 1.14 bits per heavy atom. The predicted molar refractivity (Wildman–Crippen MR) is 86.0 cm³/mol. The van der Waals surface area contributed by atoms with Gasteiger partial charge < -0.3 is 5.32 Å². The van der Waals surface area contributed by atoms with Gasteiger partial charge in [0.05, 0.1) is 0 Å². The number of aryl methyl sites for hydroxylation is 1. The first-order valence-electron chi connectivity index (χ1n) is 7.06. The second kappa shape index (κ2) is 6.58. The number of hydrogen-bond donors (Lipinski definition) is 1. The van der Waals surface area contributed by atoms with Crippen LogP contribution in [0.15, 0.2) is 48.7 Å². The van der Waals surface area contributed by atoms with Crippen molar-refractivity contribution in [3.05, 3.63) is 59.5 Å². The monoisotopic (exact) mass is 314 g/mol. The number of fused-ring (bicyclic) bond motifs is 1. The zero-order valence-electron chi connectivity index (χ0n) is 11.9. The summed E-state index contributed by atoms with van der Waals surface area (Å²) in [5.41, 5.74) is 1.57. The van der Waals surface area contributed by atoms with Gasteiger partial charge in [0, 0.05) is 29.7 Å².